The summed E-state index contributed by atoms with van der Waals surface area (Å²) in [5.41, 5.74) is 2.74. The van der Waals surface area contributed by atoms with Gasteiger partial charge in [-0.1, -0.05) is 47.7 Å². The average molecular weight is 375 g/mol. The number of rotatable bonds is 6. The average Bonchev–Trinajstić information content (AvgIpc) is 3.32. The number of carbonyl (C=O) groups is 1. The van der Waals surface area contributed by atoms with Crippen molar-refractivity contribution in [3.8, 4) is 0 Å². The van der Waals surface area contributed by atoms with E-state index >= 15 is 0 Å². The minimum absolute atomic E-state index is 0.188. The lowest BCUT2D eigenvalue weighted by molar-refractivity contribution is -0.116. The molecular formula is C20H17N5OS. The van der Waals surface area contributed by atoms with Gasteiger partial charge in [-0.15, -0.1) is 16.4 Å². The first kappa shape index (κ1) is 17.1. The Morgan fingerprint density at radius 3 is 2.78 bits per heavy atom. The molecule has 0 aliphatic heterocycles. The lowest BCUT2D eigenvalue weighted by Gasteiger charge is -1.99. The van der Waals surface area contributed by atoms with Crippen molar-refractivity contribution in [1.29, 1.82) is 0 Å². The van der Waals surface area contributed by atoms with Crippen LogP contribution in [0.1, 0.15) is 16.3 Å². The van der Waals surface area contributed by atoms with E-state index in [-0.39, 0.29) is 5.91 Å². The summed E-state index contributed by atoms with van der Waals surface area (Å²) in [4.78, 5) is 16.5. The van der Waals surface area contributed by atoms with E-state index in [9.17, 15) is 4.79 Å². The highest BCUT2D eigenvalue weighted by Crippen LogP contribution is 2.21. The Kier molecular flexibility index (Phi) is 5.02. The Morgan fingerprint density at radius 2 is 1.93 bits per heavy atom. The molecule has 0 bridgehead atoms. The van der Waals surface area contributed by atoms with Gasteiger partial charge in [0.2, 0.25) is 5.91 Å². The molecule has 1 N–H and O–H groups in total. The van der Waals surface area contributed by atoms with E-state index < -0.39 is 0 Å². The van der Waals surface area contributed by atoms with E-state index in [1.807, 2.05) is 60.8 Å². The molecule has 0 radical (unpaired) electrons. The van der Waals surface area contributed by atoms with Gasteiger partial charge in [0.05, 0.1) is 29.5 Å². The van der Waals surface area contributed by atoms with E-state index in [4.69, 9.17) is 0 Å². The van der Waals surface area contributed by atoms with E-state index in [1.54, 1.807) is 22.1 Å². The van der Waals surface area contributed by atoms with E-state index in [2.05, 4.69) is 20.6 Å². The summed E-state index contributed by atoms with van der Waals surface area (Å²) < 4.78 is 2.86. The predicted octanol–water partition coefficient (Wildman–Crippen LogP) is 3.27. The Balaban J connectivity index is 1.32. The minimum Gasteiger partial charge on any atom is -0.346 e. The Labute approximate surface area is 160 Å². The number of nitrogens with zero attached hydrogens (tertiary/aromatic N) is 4. The number of carbonyl (C=O) groups excluding carboxylic acids is 1. The summed E-state index contributed by atoms with van der Waals surface area (Å²) in [5, 5.41) is 11.9. The topological polar surface area (TPSA) is 72.7 Å². The first-order chi connectivity index (χ1) is 13.3. The summed E-state index contributed by atoms with van der Waals surface area (Å²) >= 11 is 1.58. The lowest BCUT2D eigenvalue weighted by Crippen LogP contribution is -2.20. The fourth-order valence-electron chi connectivity index (χ4n) is 2.62. The monoisotopic (exact) mass is 375 g/mol. The molecule has 134 valence electrons. The summed E-state index contributed by atoms with van der Waals surface area (Å²) in [5.74, 6) is -0.188. The molecule has 2 aromatic heterocycles. The molecule has 6 nitrogen and oxygen atoms in total. The third kappa shape index (κ3) is 4.45. The highest BCUT2D eigenvalue weighted by atomic mass is 32.1. The van der Waals surface area contributed by atoms with Crippen molar-refractivity contribution in [2.75, 3.05) is 0 Å². The maximum Gasteiger partial charge on any atom is 0.244 e. The maximum absolute atomic E-state index is 12.0. The predicted molar refractivity (Wildman–Crippen MR) is 106 cm³/mol. The molecular weight excluding hydrogens is 358 g/mol. The van der Waals surface area contributed by atoms with Crippen LogP contribution >= 0.6 is 11.3 Å². The standard InChI is InChI=1S/C20H17N5OS/c26-19(21-12-20-22-17-8-4-5-9-18(17)27-20)11-10-16-14-25(24-23-16)13-15-6-2-1-3-7-15/h1-11,14H,12-13H2,(H,21,26)/b11-10+. The number of fused-ring (bicyclic) bond motifs is 1. The number of aromatic nitrogens is 4. The molecule has 0 aliphatic rings. The molecule has 0 fully saturated rings. The van der Waals surface area contributed by atoms with Gasteiger partial charge in [0.25, 0.3) is 0 Å². The van der Waals surface area contributed by atoms with Gasteiger partial charge in [-0.25, -0.2) is 9.67 Å². The van der Waals surface area contributed by atoms with Crippen molar-refractivity contribution in [2.45, 2.75) is 13.1 Å². The van der Waals surface area contributed by atoms with Gasteiger partial charge >= 0.3 is 0 Å². The van der Waals surface area contributed by atoms with E-state index in [0.717, 1.165) is 20.8 Å². The van der Waals surface area contributed by atoms with Crippen molar-refractivity contribution in [3.63, 3.8) is 0 Å². The fourth-order valence-corrected chi connectivity index (χ4v) is 3.52. The van der Waals surface area contributed by atoms with Gasteiger partial charge < -0.3 is 5.32 Å². The Bertz CT molecular complexity index is 1050. The third-order valence-electron chi connectivity index (χ3n) is 3.90. The second-order valence-corrected chi connectivity index (χ2v) is 7.07. The van der Waals surface area contributed by atoms with E-state index in [0.29, 0.717) is 18.8 Å². The van der Waals surface area contributed by atoms with Gasteiger partial charge in [0.1, 0.15) is 10.7 Å². The molecule has 7 heteroatoms. The number of thiazole rings is 1. The zero-order valence-corrected chi connectivity index (χ0v) is 15.3. The van der Waals surface area contributed by atoms with Crippen LogP contribution < -0.4 is 5.32 Å². The van der Waals surface area contributed by atoms with E-state index in [1.165, 1.54) is 6.08 Å². The van der Waals surface area contributed by atoms with Crippen LogP contribution in [-0.2, 0) is 17.9 Å². The van der Waals surface area contributed by atoms with Crippen LogP contribution in [0.4, 0.5) is 0 Å². The molecule has 0 unspecified atom stereocenters. The number of hydrogen-bond donors (Lipinski definition) is 1. The largest absolute Gasteiger partial charge is 0.346 e. The van der Waals surface area contributed by atoms with Crippen LogP contribution in [0.15, 0.2) is 66.9 Å². The van der Waals surface area contributed by atoms with Crippen molar-refractivity contribution in [2.24, 2.45) is 0 Å². The van der Waals surface area contributed by atoms with Gasteiger partial charge in [0, 0.05) is 6.08 Å². The van der Waals surface area contributed by atoms with Gasteiger partial charge in [-0.05, 0) is 23.8 Å². The SMILES string of the molecule is O=C(/C=C/c1cn(Cc2ccccc2)nn1)NCc1nc2ccccc2s1. The Morgan fingerprint density at radius 1 is 1.11 bits per heavy atom. The van der Waals surface area contributed by atoms with Crippen LogP contribution in [0.3, 0.4) is 0 Å². The third-order valence-corrected chi connectivity index (χ3v) is 4.94. The lowest BCUT2D eigenvalue weighted by atomic mass is 10.2. The van der Waals surface area contributed by atoms with Gasteiger partial charge in [-0.3, -0.25) is 4.79 Å². The van der Waals surface area contributed by atoms with Crippen LogP contribution in [-0.4, -0.2) is 25.9 Å². The molecule has 0 saturated carbocycles. The number of nitrogens with one attached hydrogen (secondary N) is 1. The molecule has 0 atom stereocenters. The molecule has 4 aromatic rings. The van der Waals surface area contributed by atoms with Crippen molar-refractivity contribution in [3.05, 3.63) is 83.1 Å². The highest BCUT2D eigenvalue weighted by Gasteiger charge is 2.04. The number of amides is 1. The minimum atomic E-state index is -0.188. The van der Waals surface area contributed by atoms with Gasteiger partial charge in [0.15, 0.2) is 0 Å². The molecule has 4 rings (SSSR count). The second-order valence-electron chi connectivity index (χ2n) is 5.95. The zero-order valence-electron chi connectivity index (χ0n) is 14.4. The molecule has 1 amide bonds. The van der Waals surface area contributed by atoms with Crippen LogP contribution in [0.2, 0.25) is 0 Å². The number of para-hydroxylation sites is 1. The van der Waals surface area contributed by atoms with Crippen molar-refractivity contribution >= 4 is 33.5 Å². The molecule has 2 heterocycles. The van der Waals surface area contributed by atoms with Crippen LogP contribution in [0.5, 0.6) is 0 Å². The summed E-state index contributed by atoms with van der Waals surface area (Å²) in [7, 11) is 0. The molecule has 0 spiro atoms. The second kappa shape index (κ2) is 7.92. The fraction of sp³-hybridized carbons (Fsp3) is 0.100. The van der Waals surface area contributed by atoms with Gasteiger partial charge in [-0.2, -0.15) is 0 Å². The number of hydrogen-bond acceptors (Lipinski definition) is 5. The zero-order chi connectivity index (χ0) is 18.5. The van der Waals surface area contributed by atoms with Crippen molar-refractivity contribution in [1.82, 2.24) is 25.3 Å². The number of benzene rings is 2. The normalized spacial score (nSPS) is 11.3. The quantitative estimate of drug-likeness (QED) is 0.525. The Hall–Kier alpha value is -3.32. The summed E-state index contributed by atoms with van der Waals surface area (Å²) in [6, 6.07) is 18.0. The first-order valence-electron chi connectivity index (χ1n) is 8.51. The van der Waals surface area contributed by atoms with Crippen LogP contribution in [0, 0.1) is 0 Å². The maximum atomic E-state index is 12.0. The molecule has 27 heavy (non-hydrogen) atoms. The molecule has 0 saturated heterocycles. The highest BCUT2D eigenvalue weighted by molar-refractivity contribution is 7.18. The summed E-state index contributed by atoms with van der Waals surface area (Å²) in [6.07, 6.45) is 4.93. The first-order valence-corrected chi connectivity index (χ1v) is 9.32. The summed E-state index contributed by atoms with van der Waals surface area (Å²) in [6.45, 7) is 1.05. The van der Waals surface area contributed by atoms with Crippen molar-refractivity contribution < 1.29 is 4.79 Å². The molecule has 0 aliphatic carbocycles. The molecule has 2 aromatic carbocycles. The van der Waals surface area contributed by atoms with Crippen LogP contribution in [0.25, 0.3) is 16.3 Å². The smallest absolute Gasteiger partial charge is 0.244 e.